The van der Waals surface area contributed by atoms with E-state index in [1.807, 2.05) is 39.0 Å². The zero-order valence-electron chi connectivity index (χ0n) is 12.1. The second-order valence-corrected chi connectivity index (χ2v) is 4.76. The number of aromatic amines is 1. The molecular formula is C15H20N4O. The number of carbonyl (C=O) groups is 1. The molecule has 1 amide bonds. The van der Waals surface area contributed by atoms with E-state index >= 15 is 0 Å². The van der Waals surface area contributed by atoms with Crippen molar-refractivity contribution in [3.8, 4) is 0 Å². The maximum Gasteiger partial charge on any atom is 0.251 e. The first-order valence-corrected chi connectivity index (χ1v) is 6.73. The summed E-state index contributed by atoms with van der Waals surface area (Å²) in [6, 6.07) is 5.68. The van der Waals surface area contributed by atoms with Crippen LogP contribution in [0, 0.1) is 13.8 Å². The molecule has 20 heavy (non-hydrogen) atoms. The van der Waals surface area contributed by atoms with Crippen LogP contribution >= 0.6 is 0 Å². The van der Waals surface area contributed by atoms with Gasteiger partial charge in [-0.15, -0.1) is 0 Å². The maximum atomic E-state index is 12.1. The number of nitrogens with one attached hydrogen (secondary N) is 3. The summed E-state index contributed by atoms with van der Waals surface area (Å²) in [6.07, 6.45) is 1.73. The van der Waals surface area contributed by atoms with Crippen LogP contribution in [0.3, 0.4) is 0 Å². The minimum absolute atomic E-state index is 0.0725. The van der Waals surface area contributed by atoms with Crippen molar-refractivity contribution >= 4 is 11.6 Å². The van der Waals surface area contributed by atoms with E-state index < -0.39 is 0 Å². The van der Waals surface area contributed by atoms with Crippen LogP contribution in [0.5, 0.6) is 0 Å². The molecule has 0 fully saturated rings. The highest BCUT2D eigenvalue weighted by Gasteiger charge is 2.08. The van der Waals surface area contributed by atoms with Crippen LogP contribution in [-0.4, -0.2) is 22.6 Å². The third kappa shape index (κ3) is 3.17. The topological polar surface area (TPSA) is 69.8 Å². The van der Waals surface area contributed by atoms with Crippen LogP contribution in [0.15, 0.2) is 24.4 Å². The van der Waals surface area contributed by atoms with Crippen molar-refractivity contribution in [3.63, 3.8) is 0 Å². The predicted molar refractivity (Wildman–Crippen MR) is 79.8 cm³/mol. The highest BCUT2D eigenvalue weighted by atomic mass is 16.1. The van der Waals surface area contributed by atoms with Crippen molar-refractivity contribution in [2.24, 2.45) is 0 Å². The summed E-state index contributed by atoms with van der Waals surface area (Å²) in [4.78, 5) is 12.1. The second kappa shape index (κ2) is 6.23. The van der Waals surface area contributed by atoms with Gasteiger partial charge in [-0.2, -0.15) is 5.10 Å². The minimum atomic E-state index is -0.0725. The van der Waals surface area contributed by atoms with Crippen LogP contribution in [0.25, 0.3) is 0 Å². The number of rotatable bonds is 5. The molecule has 2 aromatic rings. The van der Waals surface area contributed by atoms with Gasteiger partial charge in [-0.25, -0.2) is 0 Å². The van der Waals surface area contributed by atoms with Gasteiger partial charge in [-0.1, -0.05) is 0 Å². The molecule has 0 aliphatic heterocycles. The summed E-state index contributed by atoms with van der Waals surface area (Å²) in [6.45, 7) is 7.33. The number of nitrogens with zero attached hydrogens (tertiary/aromatic N) is 1. The van der Waals surface area contributed by atoms with Crippen molar-refractivity contribution in [3.05, 3.63) is 46.8 Å². The molecule has 106 valence electrons. The molecule has 0 aliphatic rings. The molecule has 0 saturated heterocycles. The lowest BCUT2D eigenvalue weighted by atomic mass is 10.1. The number of amides is 1. The van der Waals surface area contributed by atoms with Crippen molar-refractivity contribution in [2.45, 2.75) is 27.3 Å². The number of anilines is 1. The Morgan fingerprint density at radius 2 is 2.15 bits per heavy atom. The predicted octanol–water partition coefficient (Wildman–Crippen LogP) is 2.39. The smallest absolute Gasteiger partial charge is 0.251 e. The fourth-order valence-electron chi connectivity index (χ4n) is 2.03. The fraction of sp³-hybridized carbons (Fsp3) is 0.333. The minimum Gasteiger partial charge on any atom is -0.385 e. The molecule has 0 unspecified atom stereocenters. The Hall–Kier alpha value is -2.30. The quantitative estimate of drug-likeness (QED) is 0.782. The van der Waals surface area contributed by atoms with Gasteiger partial charge in [0.05, 0.1) is 6.20 Å². The maximum absolute atomic E-state index is 12.1. The normalized spacial score (nSPS) is 10.3. The van der Waals surface area contributed by atoms with Crippen LogP contribution in [-0.2, 0) is 6.54 Å². The van der Waals surface area contributed by atoms with E-state index in [0.29, 0.717) is 12.1 Å². The van der Waals surface area contributed by atoms with Crippen LogP contribution in [0.4, 0.5) is 5.69 Å². The molecule has 1 aromatic heterocycles. The Morgan fingerprint density at radius 1 is 1.35 bits per heavy atom. The number of hydrogen-bond donors (Lipinski definition) is 3. The molecule has 0 spiro atoms. The molecule has 0 radical (unpaired) electrons. The van der Waals surface area contributed by atoms with Gasteiger partial charge in [0.25, 0.3) is 5.91 Å². The summed E-state index contributed by atoms with van der Waals surface area (Å²) in [5.74, 6) is -0.0725. The third-order valence-electron chi connectivity index (χ3n) is 3.23. The molecular weight excluding hydrogens is 252 g/mol. The molecule has 5 nitrogen and oxygen atoms in total. The van der Waals surface area contributed by atoms with E-state index in [1.54, 1.807) is 6.20 Å². The van der Waals surface area contributed by atoms with Gasteiger partial charge in [-0.3, -0.25) is 9.89 Å². The van der Waals surface area contributed by atoms with Crippen LogP contribution in [0.2, 0.25) is 0 Å². The first kappa shape index (κ1) is 14.1. The number of aromatic nitrogens is 2. The summed E-state index contributed by atoms with van der Waals surface area (Å²) in [7, 11) is 0. The summed E-state index contributed by atoms with van der Waals surface area (Å²) >= 11 is 0. The molecule has 1 aromatic carbocycles. The average Bonchev–Trinajstić information content (AvgIpc) is 2.84. The largest absolute Gasteiger partial charge is 0.385 e. The number of carbonyl (C=O) groups excluding carboxylic acids is 1. The number of benzene rings is 1. The molecule has 0 bridgehead atoms. The first-order chi connectivity index (χ1) is 9.61. The van der Waals surface area contributed by atoms with Gasteiger partial charge in [0.15, 0.2) is 0 Å². The lowest BCUT2D eigenvalue weighted by molar-refractivity contribution is 0.0951. The standard InChI is InChI=1S/C15H20N4O/c1-4-16-14-6-5-12(7-10(14)2)15(20)17-8-13-9-18-19-11(13)3/h5-7,9,16H,4,8H2,1-3H3,(H,17,20)(H,18,19). The summed E-state index contributed by atoms with van der Waals surface area (Å²) in [5, 5.41) is 12.9. The van der Waals surface area contributed by atoms with Crippen molar-refractivity contribution < 1.29 is 4.79 Å². The van der Waals surface area contributed by atoms with Gasteiger partial charge in [0, 0.05) is 35.6 Å². The van der Waals surface area contributed by atoms with Crippen molar-refractivity contribution in [2.75, 3.05) is 11.9 Å². The second-order valence-electron chi connectivity index (χ2n) is 4.76. The van der Waals surface area contributed by atoms with E-state index in [1.165, 1.54) is 0 Å². The molecule has 0 atom stereocenters. The Labute approximate surface area is 118 Å². The Morgan fingerprint density at radius 3 is 2.75 bits per heavy atom. The zero-order valence-corrected chi connectivity index (χ0v) is 12.1. The van der Waals surface area contributed by atoms with Crippen LogP contribution in [0.1, 0.15) is 34.1 Å². The molecule has 5 heteroatoms. The third-order valence-corrected chi connectivity index (χ3v) is 3.23. The van der Waals surface area contributed by atoms with E-state index in [0.717, 1.165) is 29.1 Å². The number of aryl methyl sites for hydroxylation is 2. The summed E-state index contributed by atoms with van der Waals surface area (Å²) in [5.41, 5.74) is 4.78. The molecule has 3 N–H and O–H groups in total. The average molecular weight is 272 g/mol. The Kier molecular flexibility index (Phi) is 4.40. The zero-order chi connectivity index (χ0) is 14.5. The highest BCUT2D eigenvalue weighted by molar-refractivity contribution is 5.94. The molecule has 0 saturated carbocycles. The number of H-pyrrole nitrogens is 1. The van der Waals surface area contributed by atoms with E-state index in [-0.39, 0.29) is 5.91 Å². The van der Waals surface area contributed by atoms with E-state index in [2.05, 4.69) is 20.8 Å². The lowest BCUT2D eigenvalue weighted by Crippen LogP contribution is -2.23. The van der Waals surface area contributed by atoms with Crippen molar-refractivity contribution in [1.29, 1.82) is 0 Å². The molecule has 1 heterocycles. The lowest BCUT2D eigenvalue weighted by Gasteiger charge is -2.10. The monoisotopic (exact) mass is 272 g/mol. The summed E-state index contributed by atoms with van der Waals surface area (Å²) < 4.78 is 0. The Balaban J connectivity index is 2.02. The van der Waals surface area contributed by atoms with E-state index in [4.69, 9.17) is 0 Å². The van der Waals surface area contributed by atoms with Gasteiger partial charge in [-0.05, 0) is 44.5 Å². The van der Waals surface area contributed by atoms with Gasteiger partial charge < -0.3 is 10.6 Å². The van der Waals surface area contributed by atoms with Gasteiger partial charge in [0.2, 0.25) is 0 Å². The van der Waals surface area contributed by atoms with Crippen molar-refractivity contribution in [1.82, 2.24) is 15.5 Å². The molecule has 2 rings (SSSR count). The SMILES string of the molecule is CCNc1ccc(C(=O)NCc2cn[nH]c2C)cc1C. The number of hydrogen-bond acceptors (Lipinski definition) is 3. The van der Waals surface area contributed by atoms with Gasteiger partial charge >= 0.3 is 0 Å². The fourth-order valence-corrected chi connectivity index (χ4v) is 2.03. The Bertz CT molecular complexity index is 604. The van der Waals surface area contributed by atoms with Gasteiger partial charge in [0.1, 0.15) is 0 Å². The van der Waals surface area contributed by atoms with E-state index in [9.17, 15) is 4.79 Å². The highest BCUT2D eigenvalue weighted by Crippen LogP contribution is 2.16. The van der Waals surface area contributed by atoms with Crippen LogP contribution < -0.4 is 10.6 Å². The first-order valence-electron chi connectivity index (χ1n) is 6.73. The molecule has 0 aliphatic carbocycles.